The van der Waals surface area contributed by atoms with Crippen LogP contribution in [-0.2, 0) is 10.5 Å². The maximum Gasteiger partial charge on any atom is 0.234 e. The predicted octanol–water partition coefficient (Wildman–Crippen LogP) is 3.62. The fourth-order valence-corrected chi connectivity index (χ4v) is 3.39. The van der Waals surface area contributed by atoms with Gasteiger partial charge in [-0.1, -0.05) is 18.2 Å². The second kappa shape index (κ2) is 7.70. The summed E-state index contributed by atoms with van der Waals surface area (Å²) in [4.78, 5) is 20.8. The number of hydrogen-bond acceptors (Lipinski definition) is 5. The van der Waals surface area contributed by atoms with Crippen LogP contribution in [0, 0.1) is 0 Å². The maximum atomic E-state index is 12.2. The van der Waals surface area contributed by atoms with Gasteiger partial charge in [-0.2, -0.15) is 5.10 Å². The number of H-pyrrole nitrogens is 1. The Morgan fingerprint density at radius 1 is 1.27 bits per heavy atom. The van der Waals surface area contributed by atoms with Crippen LogP contribution in [0.1, 0.15) is 30.1 Å². The van der Waals surface area contributed by atoms with Crippen molar-refractivity contribution in [1.82, 2.24) is 20.2 Å². The van der Waals surface area contributed by atoms with Gasteiger partial charge in [0.1, 0.15) is 5.82 Å². The smallest absolute Gasteiger partial charge is 0.234 e. The summed E-state index contributed by atoms with van der Waals surface area (Å²) < 4.78 is 0. The van der Waals surface area contributed by atoms with Crippen LogP contribution >= 0.6 is 11.8 Å². The van der Waals surface area contributed by atoms with Crippen molar-refractivity contribution in [2.45, 2.75) is 24.5 Å². The minimum atomic E-state index is -0.0234. The molecular weight excluding hydrogens is 346 g/mol. The van der Waals surface area contributed by atoms with Gasteiger partial charge in [-0.3, -0.25) is 14.9 Å². The molecule has 1 aromatic carbocycles. The number of carbonyl (C=O) groups excluding carboxylic acids is 1. The molecule has 1 fully saturated rings. The average molecular weight is 365 g/mol. The molecule has 2 aromatic heterocycles. The lowest BCUT2D eigenvalue weighted by Gasteiger charge is -2.06. The highest BCUT2D eigenvalue weighted by Gasteiger charge is 2.27. The van der Waals surface area contributed by atoms with Crippen LogP contribution in [0.4, 0.5) is 5.69 Å². The highest BCUT2D eigenvalue weighted by atomic mass is 32.2. The molecule has 0 aliphatic heterocycles. The SMILES string of the molecule is O=C(CSCc1cccnc1)Nc1cccc(-c2n[nH]c(C3CC3)n2)c1. The van der Waals surface area contributed by atoms with Gasteiger partial charge in [-0.05, 0) is 36.6 Å². The molecule has 2 N–H and O–H groups in total. The lowest BCUT2D eigenvalue weighted by Crippen LogP contribution is -2.14. The number of thioether (sulfide) groups is 1. The van der Waals surface area contributed by atoms with Crippen LogP contribution in [0.15, 0.2) is 48.8 Å². The summed E-state index contributed by atoms with van der Waals surface area (Å²) in [5, 5.41) is 10.2. The first-order chi connectivity index (χ1) is 12.8. The highest BCUT2D eigenvalue weighted by molar-refractivity contribution is 7.99. The monoisotopic (exact) mass is 365 g/mol. The van der Waals surface area contributed by atoms with Gasteiger partial charge < -0.3 is 5.32 Å². The molecule has 1 amide bonds. The normalized spacial score (nSPS) is 13.5. The zero-order valence-corrected chi connectivity index (χ0v) is 15.0. The maximum absolute atomic E-state index is 12.2. The van der Waals surface area contributed by atoms with Crippen LogP contribution in [-0.4, -0.2) is 31.8 Å². The predicted molar refractivity (Wildman–Crippen MR) is 103 cm³/mol. The number of aromatic nitrogens is 4. The van der Waals surface area contributed by atoms with Crippen LogP contribution < -0.4 is 5.32 Å². The van der Waals surface area contributed by atoms with Crippen molar-refractivity contribution in [3.63, 3.8) is 0 Å². The lowest BCUT2D eigenvalue weighted by molar-refractivity contribution is -0.113. The topological polar surface area (TPSA) is 83.6 Å². The van der Waals surface area contributed by atoms with Crippen LogP contribution in [0.2, 0.25) is 0 Å². The molecule has 4 rings (SSSR count). The van der Waals surface area contributed by atoms with Crippen molar-refractivity contribution in [3.05, 3.63) is 60.2 Å². The minimum absolute atomic E-state index is 0.0234. The van der Waals surface area contributed by atoms with E-state index in [-0.39, 0.29) is 5.91 Å². The van der Waals surface area contributed by atoms with Gasteiger partial charge in [0.2, 0.25) is 5.91 Å². The van der Waals surface area contributed by atoms with Gasteiger partial charge in [0.25, 0.3) is 0 Å². The van der Waals surface area contributed by atoms with Crippen LogP contribution in [0.25, 0.3) is 11.4 Å². The first-order valence-electron chi connectivity index (χ1n) is 8.57. The third kappa shape index (κ3) is 4.29. The molecule has 1 saturated carbocycles. The van der Waals surface area contributed by atoms with Crippen LogP contribution in [0.5, 0.6) is 0 Å². The molecule has 2 heterocycles. The quantitative estimate of drug-likeness (QED) is 0.668. The molecule has 0 bridgehead atoms. The van der Waals surface area contributed by atoms with Crippen molar-refractivity contribution < 1.29 is 4.79 Å². The molecular formula is C19H19N5OS. The van der Waals surface area contributed by atoms with Gasteiger partial charge in [0.05, 0.1) is 5.75 Å². The van der Waals surface area contributed by atoms with E-state index in [2.05, 4.69) is 25.5 Å². The number of carbonyl (C=O) groups is 1. The highest BCUT2D eigenvalue weighted by Crippen LogP contribution is 2.38. The van der Waals surface area contributed by atoms with E-state index in [0.29, 0.717) is 17.5 Å². The minimum Gasteiger partial charge on any atom is -0.325 e. The summed E-state index contributed by atoms with van der Waals surface area (Å²) in [6, 6.07) is 11.5. The summed E-state index contributed by atoms with van der Waals surface area (Å²) in [5.41, 5.74) is 2.77. The third-order valence-electron chi connectivity index (χ3n) is 4.10. The van der Waals surface area contributed by atoms with Crippen LogP contribution in [0.3, 0.4) is 0 Å². The molecule has 26 heavy (non-hydrogen) atoms. The van der Waals surface area contributed by atoms with E-state index in [0.717, 1.165) is 28.4 Å². The fourth-order valence-electron chi connectivity index (χ4n) is 2.62. The summed E-state index contributed by atoms with van der Waals surface area (Å²) >= 11 is 1.57. The number of amides is 1. The Morgan fingerprint density at radius 3 is 3.00 bits per heavy atom. The van der Waals surface area contributed by atoms with E-state index >= 15 is 0 Å². The van der Waals surface area contributed by atoms with E-state index in [1.807, 2.05) is 42.6 Å². The van der Waals surface area contributed by atoms with E-state index in [1.165, 1.54) is 12.8 Å². The second-order valence-electron chi connectivity index (χ2n) is 6.30. The number of nitrogens with one attached hydrogen (secondary N) is 2. The third-order valence-corrected chi connectivity index (χ3v) is 5.10. The molecule has 0 atom stereocenters. The van der Waals surface area contributed by atoms with E-state index in [1.54, 1.807) is 18.0 Å². The fraction of sp³-hybridized carbons (Fsp3) is 0.263. The van der Waals surface area contributed by atoms with Crippen molar-refractivity contribution in [3.8, 4) is 11.4 Å². The number of anilines is 1. The Labute approximate surface area is 155 Å². The molecule has 132 valence electrons. The Balaban J connectivity index is 1.33. The first kappa shape index (κ1) is 16.8. The van der Waals surface area contributed by atoms with E-state index in [9.17, 15) is 4.79 Å². The largest absolute Gasteiger partial charge is 0.325 e. The first-order valence-corrected chi connectivity index (χ1v) is 9.72. The van der Waals surface area contributed by atoms with E-state index < -0.39 is 0 Å². The Bertz CT molecular complexity index is 892. The van der Waals surface area contributed by atoms with Crippen molar-refractivity contribution in [2.24, 2.45) is 0 Å². The molecule has 6 nitrogen and oxygen atoms in total. The van der Waals surface area contributed by atoms with Gasteiger partial charge in [-0.25, -0.2) is 4.98 Å². The van der Waals surface area contributed by atoms with Crippen molar-refractivity contribution in [2.75, 3.05) is 11.1 Å². The number of nitrogens with zero attached hydrogens (tertiary/aromatic N) is 3. The Hall–Kier alpha value is -2.67. The Kier molecular flexibility index (Phi) is 4.97. The average Bonchev–Trinajstić information content (AvgIpc) is 3.39. The molecule has 7 heteroatoms. The molecule has 0 spiro atoms. The van der Waals surface area contributed by atoms with Gasteiger partial charge in [-0.15, -0.1) is 11.8 Å². The number of hydrogen-bond donors (Lipinski definition) is 2. The Morgan fingerprint density at radius 2 is 2.19 bits per heavy atom. The molecule has 1 aliphatic carbocycles. The molecule has 0 unspecified atom stereocenters. The zero-order chi connectivity index (χ0) is 17.8. The van der Waals surface area contributed by atoms with Gasteiger partial charge in [0, 0.05) is 35.3 Å². The zero-order valence-electron chi connectivity index (χ0n) is 14.2. The number of benzene rings is 1. The number of aromatic amines is 1. The summed E-state index contributed by atoms with van der Waals surface area (Å²) in [5.74, 6) is 3.31. The van der Waals surface area contributed by atoms with Crippen molar-refractivity contribution >= 4 is 23.4 Å². The second-order valence-corrected chi connectivity index (χ2v) is 7.29. The van der Waals surface area contributed by atoms with Gasteiger partial charge in [0.15, 0.2) is 5.82 Å². The summed E-state index contributed by atoms with van der Waals surface area (Å²) in [6.45, 7) is 0. The van der Waals surface area contributed by atoms with Crippen molar-refractivity contribution in [1.29, 1.82) is 0 Å². The molecule has 0 radical (unpaired) electrons. The molecule has 3 aromatic rings. The number of rotatable bonds is 7. The number of pyridine rings is 1. The summed E-state index contributed by atoms with van der Waals surface area (Å²) in [6.07, 6.45) is 5.93. The molecule has 1 aliphatic rings. The molecule has 0 saturated heterocycles. The standard InChI is InChI=1S/C19H19N5OS/c25-17(12-26-11-13-3-2-8-20-10-13)21-16-5-1-4-15(9-16)19-22-18(23-24-19)14-6-7-14/h1-5,8-10,14H,6-7,11-12H2,(H,21,25)(H,22,23,24). The van der Waals surface area contributed by atoms with E-state index in [4.69, 9.17) is 0 Å². The lowest BCUT2D eigenvalue weighted by atomic mass is 10.2. The van der Waals surface area contributed by atoms with Gasteiger partial charge >= 0.3 is 0 Å². The summed E-state index contributed by atoms with van der Waals surface area (Å²) in [7, 11) is 0.